The van der Waals surface area contributed by atoms with E-state index in [1.54, 1.807) is 0 Å². The summed E-state index contributed by atoms with van der Waals surface area (Å²) in [5.74, 6) is 0.424. The van der Waals surface area contributed by atoms with Gasteiger partial charge in [-0.15, -0.1) is 0 Å². The molecule has 2 fully saturated rings. The predicted octanol–water partition coefficient (Wildman–Crippen LogP) is 2.49. The van der Waals surface area contributed by atoms with Crippen LogP contribution in [0, 0.1) is 5.41 Å². The van der Waals surface area contributed by atoms with Crippen LogP contribution in [-0.4, -0.2) is 28.3 Å². The van der Waals surface area contributed by atoms with Crippen LogP contribution in [0.1, 0.15) is 52.4 Å². The van der Waals surface area contributed by atoms with E-state index in [4.69, 9.17) is 5.41 Å². The fourth-order valence-corrected chi connectivity index (χ4v) is 2.89. The Hall–Kier alpha value is -1.06. The van der Waals surface area contributed by atoms with Crippen molar-refractivity contribution in [3.8, 4) is 0 Å². The number of nitrogens with one attached hydrogen (secondary N) is 2. The molecule has 4 nitrogen and oxygen atoms in total. The molecule has 0 bridgehead atoms. The molecule has 0 aromatic heterocycles. The van der Waals surface area contributed by atoms with Crippen molar-refractivity contribution in [1.82, 2.24) is 10.2 Å². The van der Waals surface area contributed by atoms with Gasteiger partial charge in [0.1, 0.15) is 11.4 Å². The molecule has 0 spiro atoms. The van der Waals surface area contributed by atoms with E-state index >= 15 is 0 Å². The van der Waals surface area contributed by atoms with E-state index in [1.807, 2.05) is 4.90 Å². The Morgan fingerprint density at radius 2 is 1.94 bits per heavy atom. The molecule has 0 radical (unpaired) electrons. The summed E-state index contributed by atoms with van der Waals surface area (Å²) in [7, 11) is 0. The van der Waals surface area contributed by atoms with Gasteiger partial charge >= 0.3 is 6.03 Å². The van der Waals surface area contributed by atoms with Gasteiger partial charge in [0.2, 0.25) is 0 Å². The summed E-state index contributed by atoms with van der Waals surface area (Å²) in [6, 6.07) is 0.343. The first-order valence-electron chi connectivity index (χ1n) is 6.35. The lowest BCUT2D eigenvalue weighted by Gasteiger charge is -2.36. The molecule has 4 heteroatoms. The van der Waals surface area contributed by atoms with Gasteiger partial charge in [0, 0.05) is 6.04 Å². The zero-order chi connectivity index (χ0) is 11.8. The highest BCUT2D eigenvalue weighted by atomic mass is 16.2. The molecular weight excluding hydrogens is 202 g/mol. The summed E-state index contributed by atoms with van der Waals surface area (Å²) in [5.41, 5.74) is -0.318. The topological polar surface area (TPSA) is 56.2 Å². The molecule has 0 unspecified atom stereocenters. The van der Waals surface area contributed by atoms with Crippen LogP contribution < -0.4 is 5.32 Å². The summed E-state index contributed by atoms with van der Waals surface area (Å²) in [6.07, 6.45) is 6.07. The Bertz CT molecular complexity index is 303. The Morgan fingerprint density at radius 3 is 2.38 bits per heavy atom. The van der Waals surface area contributed by atoms with Crippen molar-refractivity contribution < 1.29 is 4.79 Å². The minimum Gasteiger partial charge on any atom is -0.309 e. The summed E-state index contributed by atoms with van der Waals surface area (Å²) < 4.78 is 0. The standard InChI is InChI=1S/C12H21N3O/c1-3-7-12(8-4-2)10(13)14-11(16)15(12)9-5-6-9/h9H,3-8H2,1-2H3,(H2,13,14,16). The maximum atomic E-state index is 11.9. The highest BCUT2D eigenvalue weighted by Gasteiger charge is 2.53. The van der Waals surface area contributed by atoms with Gasteiger partial charge in [-0.25, -0.2) is 4.79 Å². The molecule has 2 amide bonds. The molecule has 0 aromatic rings. The number of carbonyl (C=O) groups is 1. The third-order valence-corrected chi connectivity index (χ3v) is 3.62. The van der Waals surface area contributed by atoms with Crippen molar-refractivity contribution in [2.45, 2.75) is 64.0 Å². The first-order valence-corrected chi connectivity index (χ1v) is 6.35. The maximum Gasteiger partial charge on any atom is 0.323 e. The normalized spacial score (nSPS) is 23.8. The lowest BCUT2D eigenvalue weighted by Crippen LogP contribution is -2.50. The first kappa shape index (κ1) is 11.4. The van der Waals surface area contributed by atoms with Crippen LogP contribution in [0.4, 0.5) is 4.79 Å². The Balaban J connectivity index is 2.29. The van der Waals surface area contributed by atoms with Crippen molar-refractivity contribution in [3.63, 3.8) is 0 Å². The molecule has 2 N–H and O–H groups in total. The second-order valence-corrected chi connectivity index (χ2v) is 4.94. The Kier molecular flexibility index (Phi) is 2.91. The van der Waals surface area contributed by atoms with E-state index in [9.17, 15) is 4.79 Å². The average Bonchev–Trinajstić information content (AvgIpc) is 2.99. The zero-order valence-corrected chi connectivity index (χ0v) is 10.2. The Labute approximate surface area is 96.9 Å². The van der Waals surface area contributed by atoms with Gasteiger partial charge in [-0.3, -0.25) is 10.7 Å². The maximum absolute atomic E-state index is 11.9. The van der Waals surface area contributed by atoms with Gasteiger partial charge in [-0.05, 0) is 25.7 Å². The number of carbonyl (C=O) groups excluding carboxylic acids is 1. The SMILES string of the molecule is CCCC1(CCC)C(=N)NC(=O)N1C1CC1. The summed E-state index contributed by atoms with van der Waals surface area (Å²) in [6.45, 7) is 4.25. The molecular formula is C12H21N3O. The van der Waals surface area contributed by atoms with E-state index in [0.717, 1.165) is 38.5 Å². The molecule has 90 valence electrons. The van der Waals surface area contributed by atoms with Crippen molar-refractivity contribution in [2.24, 2.45) is 0 Å². The third-order valence-electron chi connectivity index (χ3n) is 3.62. The lowest BCUT2D eigenvalue weighted by molar-refractivity contribution is 0.154. The van der Waals surface area contributed by atoms with Gasteiger partial charge in [0.25, 0.3) is 0 Å². The fourth-order valence-electron chi connectivity index (χ4n) is 2.89. The van der Waals surface area contributed by atoms with Crippen molar-refractivity contribution in [2.75, 3.05) is 0 Å². The van der Waals surface area contributed by atoms with Crippen LogP contribution in [0.2, 0.25) is 0 Å². The average molecular weight is 223 g/mol. The van der Waals surface area contributed by atoms with E-state index in [1.165, 1.54) is 0 Å². The molecule has 1 saturated carbocycles. The van der Waals surface area contributed by atoms with Gasteiger partial charge in [0.15, 0.2) is 0 Å². The molecule has 2 aliphatic rings. The summed E-state index contributed by atoms with van der Waals surface area (Å²) in [5, 5.41) is 10.8. The molecule has 0 aromatic carbocycles. The van der Waals surface area contributed by atoms with Crippen molar-refractivity contribution in [1.29, 1.82) is 5.41 Å². The van der Waals surface area contributed by atoms with E-state index < -0.39 is 0 Å². The number of amidine groups is 1. The smallest absolute Gasteiger partial charge is 0.309 e. The van der Waals surface area contributed by atoms with E-state index in [0.29, 0.717) is 11.9 Å². The molecule has 16 heavy (non-hydrogen) atoms. The van der Waals surface area contributed by atoms with Gasteiger partial charge in [-0.1, -0.05) is 26.7 Å². The fraction of sp³-hybridized carbons (Fsp3) is 0.833. The Morgan fingerprint density at radius 1 is 1.38 bits per heavy atom. The number of rotatable bonds is 5. The van der Waals surface area contributed by atoms with Crippen molar-refractivity contribution >= 4 is 11.9 Å². The van der Waals surface area contributed by atoms with E-state index in [-0.39, 0.29) is 11.6 Å². The second-order valence-electron chi connectivity index (χ2n) is 4.94. The molecule has 1 saturated heterocycles. The zero-order valence-electron chi connectivity index (χ0n) is 10.2. The molecule has 1 aliphatic carbocycles. The van der Waals surface area contributed by atoms with E-state index in [2.05, 4.69) is 19.2 Å². The number of hydrogen-bond acceptors (Lipinski definition) is 2. The minimum atomic E-state index is -0.318. The summed E-state index contributed by atoms with van der Waals surface area (Å²) >= 11 is 0. The molecule has 2 rings (SSSR count). The third kappa shape index (κ3) is 1.60. The number of nitrogens with zero attached hydrogens (tertiary/aromatic N) is 1. The van der Waals surface area contributed by atoms with Crippen LogP contribution >= 0.6 is 0 Å². The van der Waals surface area contributed by atoms with Gasteiger partial charge in [0.05, 0.1) is 0 Å². The highest BCUT2D eigenvalue weighted by molar-refractivity contribution is 6.08. The number of urea groups is 1. The summed E-state index contributed by atoms with van der Waals surface area (Å²) in [4.78, 5) is 13.9. The molecule has 0 atom stereocenters. The van der Waals surface area contributed by atoms with Crippen LogP contribution in [0.25, 0.3) is 0 Å². The van der Waals surface area contributed by atoms with Crippen LogP contribution in [0.5, 0.6) is 0 Å². The molecule has 1 heterocycles. The number of hydrogen-bond donors (Lipinski definition) is 2. The lowest BCUT2D eigenvalue weighted by atomic mass is 9.86. The van der Waals surface area contributed by atoms with Gasteiger partial charge in [-0.2, -0.15) is 0 Å². The van der Waals surface area contributed by atoms with Crippen LogP contribution in [-0.2, 0) is 0 Å². The van der Waals surface area contributed by atoms with Gasteiger partial charge < -0.3 is 4.90 Å². The van der Waals surface area contributed by atoms with Crippen molar-refractivity contribution in [3.05, 3.63) is 0 Å². The second kappa shape index (κ2) is 4.07. The predicted molar refractivity (Wildman–Crippen MR) is 63.7 cm³/mol. The monoisotopic (exact) mass is 223 g/mol. The highest BCUT2D eigenvalue weighted by Crippen LogP contribution is 2.40. The van der Waals surface area contributed by atoms with Crippen LogP contribution in [0.3, 0.4) is 0 Å². The first-order chi connectivity index (χ1) is 7.65. The van der Waals surface area contributed by atoms with Crippen LogP contribution in [0.15, 0.2) is 0 Å². The number of amides is 2. The quantitative estimate of drug-likeness (QED) is 0.739. The largest absolute Gasteiger partial charge is 0.323 e. The molecule has 1 aliphatic heterocycles. The minimum absolute atomic E-state index is 0.0469.